The number of carbonyl (C=O) groups excluding carboxylic acids is 1. The summed E-state index contributed by atoms with van der Waals surface area (Å²) >= 11 is 0. The Morgan fingerprint density at radius 1 is 1.27 bits per heavy atom. The SMILES string of the molecule is CNC(=O)N1CCN(C)c2ccccc21. The average molecular weight is 205 g/mol. The Morgan fingerprint density at radius 3 is 2.60 bits per heavy atom. The maximum atomic E-state index is 11.6. The fourth-order valence-electron chi connectivity index (χ4n) is 1.85. The summed E-state index contributed by atoms with van der Waals surface area (Å²) in [6, 6.07) is 7.90. The van der Waals surface area contributed by atoms with Gasteiger partial charge >= 0.3 is 6.03 Å². The molecule has 0 atom stereocenters. The van der Waals surface area contributed by atoms with Crippen molar-refractivity contribution in [1.29, 1.82) is 0 Å². The number of fused-ring (bicyclic) bond motifs is 1. The first-order chi connectivity index (χ1) is 7.24. The predicted octanol–water partition coefficient (Wildman–Crippen LogP) is 1.28. The van der Waals surface area contributed by atoms with Gasteiger partial charge in [0.15, 0.2) is 0 Å². The number of urea groups is 1. The van der Waals surface area contributed by atoms with Crippen molar-refractivity contribution in [1.82, 2.24) is 5.32 Å². The standard InChI is InChI=1S/C11H15N3O/c1-12-11(15)14-8-7-13(2)9-5-3-4-6-10(9)14/h3-6H,7-8H2,1-2H3,(H,12,15). The highest BCUT2D eigenvalue weighted by molar-refractivity contribution is 5.96. The molecule has 0 aliphatic carbocycles. The van der Waals surface area contributed by atoms with Crippen LogP contribution >= 0.6 is 0 Å². The molecule has 1 aromatic carbocycles. The minimum atomic E-state index is -0.0458. The van der Waals surface area contributed by atoms with Gasteiger partial charge in [-0.05, 0) is 12.1 Å². The maximum absolute atomic E-state index is 11.6. The van der Waals surface area contributed by atoms with Gasteiger partial charge in [-0.15, -0.1) is 0 Å². The third-order valence-electron chi connectivity index (χ3n) is 2.70. The topological polar surface area (TPSA) is 35.6 Å². The van der Waals surface area contributed by atoms with E-state index in [-0.39, 0.29) is 6.03 Å². The molecule has 2 amide bonds. The van der Waals surface area contributed by atoms with Gasteiger partial charge in [0.1, 0.15) is 0 Å². The minimum absolute atomic E-state index is 0.0458. The molecule has 0 saturated carbocycles. The Kier molecular flexibility index (Phi) is 2.49. The van der Waals surface area contributed by atoms with E-state index in [1.165, 1.54) is 0 Å². The maximum Gasteiger partial charge on any atom is 0.321 e. The molecule has 15 heavy (non-hydrogen) atoms. The molecule has 0 radical (unpaired) electrons. The number of hydrogen-bond donors (Lipinski definition) is 1. The van der Waals surface area contributed by atoms with E-state index in [1.54, 1.807) is 11.9 Å². The van der Waals surface area contributed by atoms with Crippen LogP contribution in [0.3, 0.4) is 0 Å². The summed E-state index contributed by atoms with van der Waals surface area (Å²) in [5.41, 5.74) is 2.08. The van der Waals surface area contributed by atoms with Gasteiger partial charge in [0.2, 0.25) is 0 Å². The third-order valence-corrected chi connectivity index (χ3v) is 2.70. The first kappa shape index (κ1) is 9.83. The van der Waals surface area contributed by atoms with Crippen LogP contribution in [0.4, 0.5) is 16.2 Å². The molecule has 2 rings (SSSR count). The second kappa shape index (κ2) is 3.81. The van der Waals surface area contributed by atoms with Crippen LogP contribution in [0.15, 0.2) is 24.3 Å². The Morgan fingerprint density at radius 2 is 1.93 bits per heavy atom. The second-order valence-corrected chi connectivity index (χ2v) is 3.62. The number of rotatable bonds is 0. The normalized spacial score (nSPS) is 14.8. The summed E-state index contributed by atoms with van der Waals surface area (Å²) in [7, 11) is 3.70. The summed E-state index contributed by atoms with van der Waals surface area (Å²) in [6.45, 7) is 1.59. The number of nitrogens with zero attached hydrogens (tertiary/aromatic N) is 2. The van der Waals surface area contributed by atoms with Crippen molar-refractivity contribution < 1.29 is 4.79 Å². The first-order valence-electron chi connectivity index (χ1n) is 5.03. The highest BCUT2D eigenvalue weighted by Crippen LogP contribution is 2.31. The van der Waals surface area contributed by atoms with E-state index < -0.39 is 0 Å². The van der Waals surface area contributed by atoms with Crippen LogP contribution in [0, 0.1) is 0 Å². The highest BCUT2D eigenvalue weighted by atomic mass is 16.2. The van der Waals surface area contributed by atoms with Gasteiger partial charge < -0.3 is 10.2 Å². The van der Waals surface area contributed by atoms with E-state index in [2.05, 4.69) is 10.2 Å². The molecule has 1 aromatic rings. The summed E-state index contributed by atoms with van der Waals surface area (Å²) in [5.74, 6) is 0. The number of hydrogen-bond acceptors (Lipinski definition) is 2. The van der Waals surface area contributed by atoms with Gasteiger partial charge in [0, 0.05) is 27.2 Å². The molecule has 1 N–H and O–H groups in total. The Labute approximate surface area is 89.5 Å². The summed E-state index contributed by atoms with van der Waals surface area (Å²) < 4.78 is 0. The van der Waals surface area contributed by atoms with Gasteiger partial charge in [-0.25, -0.2) is 4.79 Å². The first-order valence-corrected chi connectivity index (χ1v) is 5.03. The van der Waals surface area contributed by atoms with Gasteiger partial charge in [-0.3, -0.25) is 4.90 Å². The van der Waals surface area contributed by atoms with E-state index >= 15 is 0 Å². The van der Waals surface area contributed by atoms with Crippen LogP contribution in [0.2, 0.25) is 0 Å². The predicted molar refractivity (Wildman–Crippen MR) is 61.5 cm³/mol. The molecular formula is C11H15N3O. The third kappa shape index (κ3) is 1.63. The molecule has 0 saturated heterocycles. The number of benzene rings is 1. The minimum Gasteiger partial charge on any atom is -0.371 e. The average Bonchev–Trinajstić information content (AvgIpc) is 2.29. The fraction of sp³-hybridized carbons (Fsp3) is 0.364. The lowest BCUT2D eigenvalue weighted by atomic mass is 10.2. The molecule has 0 fully saturated rings. The van der Waals surface area contributed by atoms with Crippen molar-refractivity contribution in [3.05, 3.63) is 24.3 Å². The largest absolute Gasteiger partial charge is 0.371 e. The summed E-state index contributed by atoms with van der Waals surface area (Å²) in [5, 5.41) is 2.66. The van der Waals surface area contributed by atoms with Gasteiger partial charge in [-0.2, -0.15) is 0 Å². The summed E-state index contributed by atoms with van der Waals surface area (Å²) in [4.78, 5) is 15.6. The molecule has 1 aliphatic heterocycles. The number of nitrogens with one attached hydrogen (secondary N) is 1. The number of amides is 2. The molecule has 80 valence electrons. The Bertz CT molecular complexity index is 378. The van der Waals surface area contributed by atoms with Crippen molar-refractivity contribution in [2.24, 2.45) is 0 Å². The van der Waals surface area contributed by atoms with E-state index in [0.717, 1.165) is 24.5 Å². The van der Waals surface area contributed by atoms with Gasteiger partial charge in [0.25, 0.3) is 0 Å². The number of para-hydroxylation sites is 2. The van der Waals surface area contributed by atoms with Gasteiger partial charge in [-0.1, -0.05) is 12.1 Å². The molecular weight excluding hydrogens is 190 g/mol. The van der Waals surface area contributed by atoms with Crippen LogP contribution < -0.4 is 15.1 Å². The molecule has 4 heteroatoms. The lowest BCUT2D eigenvalue weighted by Gasteiger charge is -2.35. The van der Waals surface area contributed by atoms with Crippen LogP contribution in [0.25, 0.3) is 0 Å². The number of likely N-dealkylation sites (N-methyl/N-ethyl adjacent to an activating group) is 1. The van der Waals surface area contributed by atoms with E-state index in [9.17, 15) is 4.79 Å². The molecule has 0 unspecified atom stereocenters. The van der Waals surface area contributed by atoms with Crippen LogP contribution in [-0.4, -0.2) is 33.2 Å². The number of anilines is 2. The van der Waals surface area contributed by atoms with E-state index in [0.29, 0.717) is 0 Å². The fourth-order valence-corrected chi connectivity index (χ4v) is 1.85. The zero-order chi connectivity index (χ0) is 10.8. The molecule has 1 heterocycles. The Hall–Kier alpha value is -1.71. The smallest absolute Gasteiger partial charge is 0.321 e. The van der Waals surface area contributed by atoms with E-state index in [1.807, 2.05) is 31.3 Å². The Balaban J connectivity index is 2.40. The molecule has 1 aliphatic rings. The lowest BCUT2D eigenvalue weighted by Crippen LogP contribution is -2.46. The van der Waals surface area contributed by atoms with Crippen LogP contribution in [0.5, 0.6) is 0 Å². The molecule has 0 spiro atoms. The number of carbonyl (C=O) groups is 1. The molecule has 4 nitrogen and oxygen atoms in total. The van der Waals surface area contributed by atoms with Crippen molar-refractivity contribution >= 4 is 17.4 Å². The van der Waals surface area contributed by atoms with Crippen molar-refractivity contribution in [2.75, 3.05) is 37.0 Å². The zero-order valence-electron chi connectivity index (χ0n) is 9.03. The zero-order valence-corrected chi connectivity index (χ0v) is 9.03. The summed E-state index contributed by atoms with van der Waals surface area (Å²) in [6.07, 6.45) is 0. The van der Waals surface area contributed by atoms with Crippen LogP contribution in [0.1, 0.15) is 0 Å². The highest BCUT2D eigenvalue weighted by Gasteiger charge is 2.23. The van der Waals surface area contributed by atoms with Crippen LogP contribution in [-0.2, 0) is 0 Å². The second-order valence-electron chi connectivity index (χ2n) is 3.62. The van der Waals surface area contributed by atoms with Crippen molar-refractivity contribution in [3.8, 4) is 0 Å². The van der Waals surface area contributed by atoms with Gasteiger partial charge in [0.05, 0.1) is 11.4 Å². The quantitative estimate of drug-likeness (QED) is 0.692. The van der Waals surface area contributed by atoms with Crippen molar-refractivity contribution in [3.63, 3.8) is 0 Å². The van der Waals surface area contributed by atoms with Crippen molar-refractivity contribution in [2.45, 2.75) is 0 Å². The lowest BCUT2D eigenvalue weighted by molar-refractivity contribution is 0.248. The molecule has 0 aromatic heterocycles. The van der Waals surface area contributed by atoms with E-state index in [4.69, 9.17) is 0 Å². The monoisotopic (exact) mass is 205 g/mol. The molecule has 0 bridgehead atoms.